The number of benzene rings is 2. The van der Waals surface area contributed by atoms with E-state index in [0.717, 1.165) is 0 Å². The van der Waals surface area contributed by atoms with Crippen LogP contribution in [0, 0.1) is 41.5 Å². The van der Waals surface area contributed by atoms with E-state index in [4.69, 9.17) is 0 Å². The third kappa shape index (κ3) is 3.07. The minimum atomic E-state index is 1.34. The van der Waals surface area contributed by atoms with Gasteiger partial charge >= 0.3 is 0 Å². The van der Waals surface area contributed by atoms with Crippen LogP contribution < -0.4 is 0 Å². The van der Waals surface area contributed by atoms with Gasteiger partial charge in [0.25, 0.3) is 0 Å². The monoisotopic (exact) mass is 432 g/mol. The van der Waals surface area contributed by atoms with Crippen LogP contribution in [0.15, 0.2) is 36.4 Å². The van der Waals surface area contributed by atoms with Gasteiger partial charge in [-0.15, -0.1) is 34.0 Å². The second-order valence-corrected chi connectivity index (χ2v) is 11.4. The molecule has 0 amide bonds. The SMILES string of the molecule is Cc1cc(C)c(-c2cc3sc4cc(-c5c(C)cc(C)cc5C)sc4c3s2)c(C)c1. The molecule has 3 heterocycles. The van der Waals surface area contributed by atoms with Gasteiger partial charge in [-0.05, 0) is 87.1 Å². The highest BCUT2D eigenvalue weighted by molar-refractivity contribution is 7.40. The largest absolute Gasteiger partial charge is 0.133 e. The molecule has 146 valence electrons. The van der Waals surface area contributed by atoms with Crippen molar-refractivity contribution >= 4 is 52.8 Å². The fourth-order valence-corrected chi connectivity index (χ4v) is 9.09. The number of fused-ring (bicyclic) bond motifs is 3. The van der Waals surface area contributed by atoms with Crippen LogP contribution in [-0.2, 0) is 0 Å². The van der Waals surface area contributed by atoms with Crippen molar-refractivity contribution in [3.05, 3.63) is 69.8 Å². The Bertz CT molecular complexity index is 1250. The molecule has 0 saturated carbocycles. The molecule has 29 heavy (non-hydrogen) atoms. The summed E-state index contributed by atoms with van der Waals surface area (Å²) in [6, 6.07) is 14.0. The molecule has 0 radical (unpaired) electrons. The van der Waals surface area contributed by atoms with Crippen molar-refractivity contribution in [2.24, 2.45) is 0 Å². The van der Waals surface area contributed by atoms with E-state index < -0.39 is 0 Å². The quantitative estimate of drug-likeness (QED) is 0.260. The van der Waals surface area contributed by atoms with E-state index in [1.165, 1.54) is 73.1 Å². The Kier molecular flexibility index (Phi) is 4.47. The van der Waals surface area contributed by atoms with Gasteiger partial charge in [0.1, 0.15) is 0 Å². The molecule has 3 heteroatoms. The van der Waals surface area contributed by atoms with Crippen LogP contribution in [0.4, 0.5) is 0 Å². The first-order valence-corrected chi connectivity index (χ1v) is 12.4. The molecule has 0 aliphatic heterocycles. The highest BCUT2D eigenvalue weighted by Gasteiger charge is 2.18. The van der Waals surface area contributed by atoms with Crippen LogP contribution in [0.3, 0.4) is 0 Å². The van der Waals surface area contributed by atoms with E-state index in [0.29, 0.717) is 0 Å². The molecular formula is C26H24S3. The summed E-state index contributed by atoms with van der Waals surface area (Å²) in [6.07, 6.45) is 0. The third-order valence-corrected chi connectivity index (χ3v) is 9.48. The molecule has 0 aliphatic carbocycles. The number of aryl methyl sites for hydroxylation is 6. The molecule has 0 unspecified atom stereocenters. The molecule has 0 saturated heterocycles. The van der Waals surface area contributed by atoms with E-state index in [9.17, 15) is 0 Å². The standard InChI is InChI=1S/C26H24S3/c1-13-7-15(3)23(16(4)8-13)19-11-21-25(28-19)26-22(27-21)12-20(29-26)24-17(5)9-14(2)10-18(24)6/h7-12H,1-6H3. The van der Waals surface area contributed by atoms with Crippen molar-refractivity contribution in [2.45, 2.75) is 41.5 Å². The summed E-state index contributed by atoms with van der Waals surface area (Å²) in [7, 11) is 0. The Hall–Kier alpha value is -1.94. The zero-order valence-corrected chi connectivity index (χ0v) is 20.1. The highest BCUT2D eigenvalue weighted by atomic mass is 32.1. The van der Waals surface area contributed by atoms with Gasteiger partial charge in [0.15, 0.2) is 0 Å². The Labute approximate surface area is 184 Å². The first-order chi connectivity index (χ1) is 13.8. The molecule has 2 aromatic carbocycles. The molecule has 0 spiro atoms. The molecule has 5 aromatic rings. The van der Waals surface area contributed by atoms with Crippen LogP contribution in [0.1, 0.15) is 33.4 Å². The first kappa shape index (κ1) is 19.0. The van der Waals surface area contributed by atoms with Gasteiger partial charge in [-0.3, -0.25) is 0 Å². The summed E-state index contributed by atoms with van der Waals surface area (Å²) < 4.78 is 5.76. The molecule has 0 nitrogen and oxygen atoms in total. The van der Waals surface area contributed by atoms with E-state index in [1.54, 1.807) is 0 Å². The van der Waals surface area contributed by atoms with Gasteiger partial charge < -0.3 is 0 Å². The zero-order chi connectivity index (χ0) is 20.4. The Balaban J connectivity index is 1.68. The first-order valence-electron chi connectivity index (χ1n) is 9.94. The minimum Gasteiger partial charge on any atom is -0.133 e. The maximum Gasteiger partial charge on any atom is 0.0636 e. The van der Waals surface area contributed by atoms with Gasteiger partial charge in [0.05, 0.1) is 9.40 Å². The molecule has 0 fully saturated rings. The molecule has 0 bridgehead atoms. The van der Waals surface area contributed by atoms with E-state index >= 15 is 0 Å². The van der Waals surface area contributed by atoms with Crippen molar-refractivity contribution < 1.29 is 0 Å². The number of rotatable bonds is 2. The lowest BCUT2D eigenvalue weighted by Crippen LogP contribution is -1.87. The molecule has 0 N–H and O–H groups in total. The van der Waals surface area contributed by atoms with Crippen LogP contribution in [0.25, 0.3) is 39.7 Å². The lowest BCUT2D eigenvalue weighted by Gasteiger charge is -2.09. The summed E-state index contributed by atoms with van der Waals surface area (Å²) in [5.74, 6) is 0. The smallest absolute Gasteiger partial charge is 0.0636 e. The van der Waals surface area contributed by atoms with E-state index in [-0.39, 0.29) is 0 Å². The predicted octanol–water partition coefficient (Wildman–Crippen LogP) is 9.36. The molecule has 0 aliphatic rings. The maximum absolute atomic E-state index is 2.41. The van der Waals surface area contributed by atoms with Crippen LogP contribution in [-0.4, -0.2) is 0 Å². The van der Waals surface area contributed by atoms with Gasteiger partial charge in [-0.1, -0.05) is 35.4 Å². The fourth-order valence-electron chi connectivity index (χ4n) is 4.72. The van der Waals surface area contributed by atoms with Crippen molar-refractivity contribution in [1.82, 2.24) is 0 Å². The Morgan fingerprint density at radius 1 is 0.448 bits per heavy atom. The summed E-state index contributed by atoms with van der Waals surface area (Å²) in [5, 5.41) is 0. The topological polar surface area (TPSA) is 0 Å². The lowest BCUT2D eigenvalue weighted by atomic mass is 9.99. The summed E-state index contributed by atoms with van der Waals surface area (Å²) in [6.45, 7) is 13.3. The van der Waals surface area contributed by atoms with Gasteiger partial charge in [-0.2, -0.15) is 0 Å². The van der Waals surface area contributed by atoms with Crippen LogP contribution in [0.2, 0.25) is 0 Å². The zero-order valence-electron chi connectivity index (χ0n) is 17.7. The lowest BCUT2D eigenvalue weighted by molar-refractivity contribution is 1.33. The Morgan fingerprint density at radius 3 is 1.14 bits per heavy atom. The van der Waals surface area contributed by atoms with Crippen molar-refractivity contribution in [3.63, 3.8) is 0 Å². The second-order valence-electron chi connectivity index (χ2n) is 8.26. The molecule has 5 rings (SSSR count). The van der Waals surface area contributed by atoms with Gasteiger partial charge in [0.2, 0.25) is 0 Å². The fraction of sp³-hybridized carbons (Fsp3) is 0.231. The van der Waals surface area contributed by atoms with Crippen molar-refractivity contribution in [1.29, 1.82) is 0 Å². The summed E-state index contributed by atoms with van der Waals surface area (Å²) >= 11 is 5.87. The van der Waals surface area contributed by atoms with Gasteiger partial charge in [-0.25, -0.2) is 0 Å². The van der Waals surface area contributed by atoms with Crippen molar-refractivity contribution in [3.8, 4) is 20.9 Å². The number of thiophene rings is 3. The second kappa shape index (κ2) is 6.80. The van der Waals surface area contributed by atoms with Crippen LogP contribution in [0.5, 0.6) is 0 Å². The average Bonchev–Trinajstić information content (AvgIpc) is 3.24. The van der Waals surface area contributed by atoms with Gasteiger partial charge in [0, 0.05) is 19.2 Å². The number of hydrogen-bond acceptors (Lipinski definition) is 3. The normalized spacial score (nSPS) is 11.8. The molecule has 0 atom stereocenters. The molecule has 3 aromatic heterocycles. The predicted molar refractivity (Wildman–Crippen MR) is 134 cm³/mol. The third-order valence-electron chi connectivity index (χ3n) is 5.67. The van der Waals surface area contributed by atoms with E-state index in [2.05, 4.69) is 77.9 Å². The highest BCUT2D eigenvalue weighted by Crippen LogP contribution is 2.49. The minimum absolute atomic E-state index is 1.34. The van der Waals surface area contributed by atoms with Crippen molar-refractivity contribution in [2.75, 3.05) is 0 Å². The Morgan fingerprint density at radius 2 is 0.793 bits per heavy atom. The van der Waals surface area contributed by atoms with E-state index in [1.807, 2.05) is 34.0 Å². The van der Waals surface area contributed by atoms with Crippen LogP contribution >= 0.6 is 34.0 Å². The average molecular weight is 433 g/mol. The summed E-state index contributed by atoms with van der Waals surface area (Å²) in [5.41, 5.74) is 11.0. The summed E-state index contributed by atoms with van der Waals surface area (Å²) in [4.78, 5) is 2.81. The maximum atomic E-state index is 2.41. The molecular weight excluding hydrogens is 408 g/mol. The number of hydrogen-bond donors (Lipinski definition) is 0.